The van der Waals surface area contributed by atoms with Crippen molar-refractivity contribution in [3.63, 3.8) is 0 Å². The number of benzene rings is 2. The Kier molecular flexibility index (Phi) is 5.06. The lowest BCUT2D eigenvalue weighted by Gasteiger charge is -2.10. The second kappa shape index (κ2) is 7.21. The molecule has 3 aromatic rings. The Morgan fingerprint density at radius 1 is 1.14 bits per heavy atom. The first-order valence-corrected chi connectivity index (χ1v) is 9.10. The van der Waals surface area contributed by atoms with E-state index in [0.717, 1.165) is 18.5 Å². The van der Waals surface area contributed by atoms with E-state index in [0.29, 0.717) is 5.56 Å². The first-order valence-electron chi connectivity index (χ1n) is 6.33. The van der Waals surface area contributed by atoms with Crippen molar-refractivity contribution in [2.24, 2.45) is 0 Å². The molecule has 0 saturated heterocycles. The SMILES string of the molecule is O=C(Nc1ccccc1Sc1nncs1)c1ccccc1I. The summed E-state index contributed by atoms with van der Waals surface area (Å²) >= 11 is 5.12. The van der Waals surface area contributed by atoms with E-state index in [1.54, 1.807) is 5.51 Å². The molecule has 0 aliphatic rings. The highest BCUT2D eigenvalue weighted by molar-refractivity contribution is 14.1. The summed E-state index contributed by atoms with van der Waals surface area (Å²) in [4.78, 5) is 13.4. The van der Waals surface area contributed by atoms with Crippen molar-refractivity contribution >= 4 is 57.3 Å². The number of halogens is 1. The quantitative estimate of drug-likeness (QED) is 0.607. The molecule has 2 aromatic carbocycles. The van der Waals surface area contributed by atoms with Gasteiger partial charge in [-0.05, 0) is 46.9 Å². The van der Waals surface area contributed by atoms with Crippen LogP contribution in [0.1, 0.15) is 10.4 Å². The van der Waals surface area contributed by atoms with Crippen LogP contribution in [0.5, 0.6) is 0 Å². The topological polar surface area (TPSA) is 54.9 Å². The largest absolute Gasteiger partial charge is 0.321 e. The van der Waals surface area contributed by atoms with Crippen LogP contribution in [0.15, 0.2) is 63.3 Å². The number of carbonyl (C=O) groups is 1. The minimum atomic E-state index is -0.115. The second-order valence-electron chi connectivity index (χ2n) is 4.24. The molecule has 110 valence electrons. The van der Waals surface area contributed by atoms with E-state index in [9.17, 15) is 4.79 Å². The summed E-state index contributed by atoms with van der Waals surface area (Å²) in [5, 5.41) is 10.8. The van der Waals surface area contributed by atoms with Crippen molar-refractivity contribution < 1.29 is 4.79 Å². The number of hydrogen-bond donors (Lipinski definition) is 1. The zero-order valence-electron chi connectivity index (χ0n) is 11.2. The van der Waals surface area contributed by atoms with Crippen molar-refractivity contribution in [2.75, 3.05) is 5.32 Å². The van der Waals surface area contributed by atoms with Crippen LogP contribution in [0.4, 0.5) is 5.69 Å². The van der Waals surface area contributed by atoms with Gasteiger partial charge < -0.3 is 5.32 Å². The first kappa shape index (κ1) is 15.4. The molecule has 1 aromatic heterocycles. The number of hydrogen-bond acceptors (Lipinski definition) is 5. The van der Waals surface area contributed by atoms with E-state index >= 15 is 0 Å². The molecule has 0 aliphatic carbocycles. The Hall–Kier alpha value is -1.45. The Morgan fingerprint density at radius 2 is 1.91 bits per heavy atom. The van der Waals surface area contributed by atoms with Gasteiger partial charge >= 0.3 is 0 Å². The van der Waals surface area contributed by atoms with Gasteiger partial charge in [-0.2, -0.15) is 0 Å². The van der Waals surface area contributed by atoms with Crippen molar-refractivity contribution in [3.05, 3.63) is 63.2 Å². The first-order chi connectivity index (χ1) is 10.7. The standard InChI is InChI=1S/C15H10IN3OS2/c16-11-6-2-1-5-10(11)14(20)18-12-7-3-4-8-13(12)22-15-19-17-9-21-15/h1-9H,(H,18,20). The molecule has 0 spiro atoms. The van der Waals surface area contributed by atoms with Crippen LogP contribution in [0, 0.1) is 3.57 Å². The molecule has 0 radical (unpaired) electrons. The summed E-state index contributed by atoms with van der Waals surface area (Å²) in [6.07, 6.45) is 0. The molecule has 22 heavy (non-hydrogen) atoms. The van der Waals surface area contributed by atoms with Crippen LogP contribution in [0.2, 0.25) is 0 Å². The van der Waals surface area contributed by atoms with Crippen LogP contribution < -0.4 is 5.32 Å². The molecule has 3 rings (SSSR count). The fourth-order valence-corrected chi connectivity index (χ4v) is 3.95. The van der Waals surface area contributed by atoms with Gasteiger partial charge in [-0.25, -0.2) is 0 Å². The molecule has 0 saturated carbocycles. The van der Waals surface area contributed by atoms with Crippen LogP contribution in [0.3, 0.4) is 0 Å². The number of rotatable bonds is 4. The Morgan fingerprint density at radius 3 is 2.68 bits per heavy atom. The number of aromatic nitrogens is 2. The van der Waals surface area contributed by atoms with Crippen molar-refractivity contribution in [3.8, 4) is 0 Å². The predicted molar refractivity (Wildman–Crippen MR) is 97.6 cm³/mol. The van der Waals surface area contributed by atoms with Crippen molar-refractivity contribution in [1.29, 1.82) is 0 Å². The zero-order chi connectivity index (χ0) is 15.4. The van der Waals surface area contributed by atoms with Gasteiger partial charge in [-0.15, -0.1) is 10.2 Å². The Labute approximate surface area is 149 Å². The third-order valence-electron chi connectivity index (χ3n) is 2.79. The number of nitrogens with one attached hydrogen (secondary N) is 1. The van der Waals surface area contributed by atoms with E-state index in [2.05, 4.69) is 38.1 Å². The van der Waals surface area contributed by atoms with E-state index in [4.69, 9.17) is 0 Å². The van der Waals surface area contributed by atoms with E-state index < -0.39 is 0 Å². The van der Waals surface area contributed by atoms with Gasteiger partial charge in [0.05, 0.1) is 11.3 Å². The molecule has 1 heterocycles. The predicted octanol–water partition coefficient (Wildman–Crippen LogP) is 4.55. The maximum Gasteiger partial charge on any atom is 0.256 e. The average Bonchev–Trinajstić information content (AvgIpc) is 3.02. The number of anilines is 1. The van der Waals surface area contributed by atoms with Gasteiger partial charge in [0.25, 0.3) is 5.91 Å². The fraction of sp³-hybridized carbons (Fsp3) is 0. The van der Waals surface area contributed by atoms with Gasteiger partial charge in [0, 0.05) is 8.47 Å². The smallest absolute Gasteiger partial charge is 0.256 e. The summed E-state index contributed by atoms with van der Waals surface area (Å²) in [6.45, 7) is 0. The Bertz CT molecular complexity index is 793. The summed E-state index contributed by atoms with van der Waals surface area (Å²) in [5.74, 6) is -0.115. The number of carbonyl (C=O) groups excluding carboxylic acids is 1. The van der Waals surface area contributed by atoms with Crippen molar-refractivity contribution in [1.82, 2.24) is 10.2 Å². The van der Waals surface area contributed by atoms with Gasteiger partial charge in [0.2, 0.25) is 0 Å². The molecule has 1 amide bonds. The lowest BCUT2D eigenvalue weighted by Crippen LogP contribution is -2.13. The van der Waals surface area contributed by atoms with Crippen molar-refractivity contribution in [2.45, 2.75) is 9.24 Å². The van der Waals surface area contributed by atoms with Gasteiger partial charge in [0.1, 0.15) is 5.51 Å². The molecule has 0 unspecified atom stereocenters. The maximum absolute atomic E-state index is 12.4. The van der Waals surface area contributed by atoms with Crippen LogP contribution in [0.25, 0.3) is 0 Å². The highest BCUT2D eigenvalue weighted by Crippen LogP contribution is 2.34. The number of amides is 1. The van der Waals surface area contributed by atoms with Gasteiger partial charge in [-0.3, -0.25) is 4.79 Å². The minimum absolute atomic E-state index is 0.115. The molecular weight excluding hydrogens is 429 g/mol. The Balaban J connectivity index is 1.83. The average molecular weight is 439 g/mol. The molecule has 7 heteroatoms. The molecule has 0 bridgehead atoms. The highest BCUT2D eigenvalue weighted by Gasteiger charge is 2.12. The van der Waals surface area contributed by atoms with E-state index in [1.165, 1.54) is 23.1 Å². The maximum atomic E-state index is 12.4. The molecule has 4 nitrogen and oxygen atoms in total. The highest BCUT2D eigenvalue weighted by atomic mass is 127. The van der Waals surface area contributed by atoms with E-state index in [-0.39, 0.29) is 5.91 Å². The molecule has 0 aliphatic heterocycles. The number of para-hydroxylation sites is 1. The lowest BCUT2D eigenvalue weighted by atomic mass is 10.2. The lowest BCUT2D eigenvalue weighted by molar-refractivity contribution is 0.102. The number of nitrogens with zero attached hydrogens (tertiary/aromatic N) is 2. The van der Waals surface area contributed by atoms with Crippen LogP contribution in [-0.4, -0.2) is 16.1 Å². The summed E-state index contributed by atoms with van der Waals surface area (Å²) in [7, 11) is 0. The molecule has 1 N–H and O–H groups in total. The monoisotopic (exact) mass is 439 g/mol. The third kappa shape index (κ3) is 3.65. The zero-order valence-corrected chi connectivity index (χ0v) is 15.0. The minimum Gasteiger partial charge on any atom is -0.321 e. The molecule has 0 atom stereocenters. The summed E-state index contributed by atoms with van der Waals surface area (Å²) in [6, 6.07) is 15.2. The normalized spacial score (nSPS) is 10.4. The third-order valence-corrected chi connectivity index (χ3v) is 5.59. The summed E-state index contributed by atoms with van der Waals surface area (Å²) < 4.78 is 1.77. The second-order valence-corrected chi connectivity index (χ2v) is 7.52. The van der Waals surface area contributed by atoms with Gasteiger partial charge in [-0.1, -0.05) is 47.4 Å². The summed E-state index contributed by atoms with van der Waals surface area (Å²) in [5.41, 5.74) is 3.13. The fourth-order valence-electron chi connectivity index (χ4n) is 1.80. The van der Waals surface area contributed by atoms with Crippen LogP contribution in [-0.2, 0) is 0 Å². The van der Waals surface area contributed by atoms with Crippen LogP contribution >= 0.6 is 45.7 Å². The molecular formula is C15H10IN3OS2. The van der Waals surface area contributed by atoms with Gasteiger partial charge in [0.15, 0.2) is 4.34 Å². The van der Waals surface area contributed by atoms with E-state index in [1.807, 2.05) is 48.5 Å². The molecule has 0 fully saturated rings.